The zero-order valence-electron chi connectivity index (χ0n) is 13.7. The van der Waals surface area contributed by atoms with Crippen molar-refractivity contribution >= 4 is 28.2 Å². The Hall–Kier alpha value is -2.61. The number of pyridine rings is 1. The Balaban J connectivity index is 2.03. The molecule has 23 heavy (non-hydrogen) atoms. The summed E-state index contributed by atoms with van der Waals surface area (Å²) in [6.07, 6.45) is 4.08. The Bertz CT molecular complexity index is 863. The Morgan fingerprint density at radius 2 is 1.87 bits per heavy atom. The van der Waals surface area contributed by atoms with Crippen molar-refractivity contribution in [3.63, 3.8) is 0 Å². The summed E-state index contributed by atoms with van der Waals surface area (Å²) in [7, 11) is 0. The van der Waals surface area contributed by atoms with Gasteiger partial charge in [0.15, 0.2) is 0 Å². The van der Waals surface area contributed by atoms with Gasteiger partial charge in [0.25, 0.3) is 0 Å². The molecule has 2 nitrogen and oxygen atoms in total. The van der Waals surface area contributed by atoms with E-state index in [1.807, 2.05) is 12.1 Å². The van der Waals surface area contributed by atoms with E-state index in [9.17, 15) is 0 Å². The highest BCUT2D eigenvalue weighted by molar-refractivity contribution is 5.87. The van der Waals surface area contributed by atoms with E-state index in [4.69, 9.17) is 10.7 Å². The number of hydrogen-bond donors (Lipinski definition) is 1. The number of allylic oxidation sites excluding steroid dienone is 1. The SMILES string of the molecule is CCC(=Cc1ccc(CC)cc1N)c1ccc2ccccc2n1. The molecule has 2 aromatic carbocycles. The predicted molar refractivity (Wildman–Crippen MR) is 100 cm³/mol. The van der Waals surface area contributed by atoms with Crippen LogP contribution >= 0.6 is 0 Å². The number of anilines is 1. The minimum absolute atomic E-state index is 0.830. The minimum atomic E-state index is 0.830. The molecule has 2 N–H and O–H groups in total. The third kappa shape index (κ3) is 3.26. The van der Waals surface area contributed by atoms with Crippen molar-refractivity contribution in [2.45, 2.75) is 26.7 Å². The zero-order valence-corrected chi connectivity index (χ0v) is 13.7. The van der Waals surface area contributed by atoms with Gasteiger partial charge in [0.05, 0.1) is 11.2 Å². The Morgan fingerprint density at radius 3 is 2.61 bits per heavy atom. The summed E-state index contributed by atoms with van der Waals surface area (Å²) >= 11 is 0. The van der Waals surface area contributed by atoms with Crippen molar-refractivity contribution in [3.8, 4) is 0 Å². The highest BCUT2D eigenvalue weighted by Gasteiger charge is 2.05. The molecule has 1 heterocycles. The second-order valence-electron chi connectivity index (χ2n) is 5.73. The fourth-order valence-electron chi connectivity index (χ4n) is 2.77. The van der Waals surface area contributed by atoms with E-state index in [1.165, 1.54) is 16.5 Å². The van der Waals surface area contributed by atoms with Crippen LogP contribution in [0.1, 0.15) is 37.1 Å². The molecule has 3 rings (SSSR count). The van der Waals surface area contributed by atoms with Gasteiger partial charge in [-0.2, -0.15) is 0 Å². The van der Waals surface area contributed by atoms with Crippen LogP contribution in [0.5, 0.6) is 0 Å². The summed E-state index contributed by atoms with van der Waals surface area (Å²) in [5.74, 6) is 0. The molecule has 0 amide bonds. The first-order valence-corrected chi connectivity index (χ1v) is 8.16. The lowest BCUT2D eigenvalue weighted by Gasteiger charge is -2.09. The lowest BCUT2D eigenvalue weighted by atomic mass is 10.0. The molecular formula is C21H22N2. The average Bonchev–Trinajstić information content (AvgIpc) is 2.60. The van der Waals surface area contributed by atoms with Gasteiger partial charge in [-0.3, -0.25) is 0 Å². The van der Waals surface area contributed by atoms with Crippen LogP contribution in [0.15, 0.2) is 54.6 Å². The fraction of sp³-hybridized carbons (Fsp3) is 0.190. The van der Waals surface area contributed by atoms with Gasteiger partial charge in [-0.25, -0.2) is 4.98 Å². The summed E-state index contributed by atoms with van der Waals surface area (Å²) in [5, 5.41) is 1.17. The molecule has 0 bridgehead atoms. The smallest absolute Gasteiger partial charge is 0.0709 e. The summed E-state index contributed by atoms with van der Waals surface area (Å²) in [5.41, 5.74) is 12.6. The van der Waals surface area contributed by atoms with Crippen LogP contribution in [0.25, 0.3) is 22.6 Å². The molecule has 0 atom stereocenters. The van der Waals surface area contributed by atoms with Crippen molar-refractivity contribution in [3.05, 3.63) is 71.4 Å². The molecule has 0 aliphatic carbocycles. The number of nitrogen functional groups attached to an aromatic ring is 1. The molecule has 0 aliphatic heterocycles. The normalized spacial score (nSPS) is 11.8. The van der Waals surface area contributed by atoms with E-state index in [0.717, 1.165) is 35.3 Å². The third-order valence-electron chi connectivity index (χ3n) is 4.20. The monoisotopic (exact) mass is 302 g/mol. The van der Waals surface area contributed by atoms with Gasteiger partial charge >= 0.3 is 0 Å². The van der Waals surface area contributed by atoms with Crippen molar-refractivity contribution in [2.24, 2.45) is 0 Å². The standard InChI is InChI=1S/C21H22N2/c1-3-15-9-10-18(19(22)13-15)14-16(4-2)21-12-11-17-7-5-6-8-20(17)23-21/h5-14H,3-4,22H2,1-2H3. The summed E-state index contributed by atoms with van der Waals surface area (Å²) in [4.78, 5) is 4.80. The highest BCUT2D eigenvalue weighted by atomic mass is 14.7. The molecular weight excluding hydrogens is 280 g/mol. The predicted octanol–water partition coefficient (Wildman–Crippen LogP) is 5.33. The van der Waals surface area contributed by atoms with E-state index in [2.05, 4.69) is 62.4 Å². The van der Waals surface area contributed by atoms with Crippen LogP contribution in [-0.2, 0) is 6.42 Å². The van der Waals surface area contributed by atoms with E-state index in [1.54, 1.807) is 0 Å². The number of hydrogen-bond acceptors (Lipinski definition) is 2. The topological polar surface area (TPSA) is 38.9 Å². The molecule has 0 saturated heterocycles. The van der Waals surface area contributed by atoms with Crippen molar-refractivity contribution in [1.82, 2.24) is 4.98 Å². The first-order chi connectivity index (χ1) is 11.2. The van der Waals surface area contributed by atoms with E-state index >= 15 is 0 Å². The van der Waals surface area contributed by atoms with Gasteiger partial charge in [0.2, 0.25) is 0 Å². The summed E-state index contributed by atoms with van der Waals surface area (Å²) in [6.45, 7) is 4.29. The number of fused-ring (bicyclic) bond motifs is 1. The van der Waals surface area contributed by atoms with Crippen LogP contribution < -0.4 is 5.73 Å². The van der Waals surface area contributed by atoms with E-state index in [0.29, 0.717) is 0 Å². The number of para-hydroxylation sites is 1. The quantitative estimate of drug-likeness (QED) is 0.661. The van der Waals surface area contributed by atoms with Crippen LogP contribution in [0.4, 0.5) is 5.69 Å². The van der Waals surface area contributed by atoms with Gasteiger partial charge in [0.1, 0.15) is 0 Å². The maximum absolute atomic E-state index is 6.20. The van der Waals surface area contributed by atoms with Gasteiger partial charge in [0, 0.05) is 11.1 Å². The van der Waals surface area contributed by atoms with Crippen molar-refractivity contribution < 1.29 is 0 Å². The van der Waals surface area contributed by atoms with Crippen LogP contribution in [0.3, 0.4) is 0 Å². The molecule has 0 spiro atoms. The van der Waals surface area contributed by atoms with Crippen molar-refractivity contribution in [2.75, 3.05) is 5.73 Å². The molecule has 116 valence electrons. The largest absolute Gasteiger partial charge is 0.398 e. The van der Waals surface area contributed by atoms with Crippen LogP contribution in [0, 0.1) is 0 Å². The molecule has 0 aliphatic rings. The van der Waals surface area contributed by atoms with E-state index < -0.39 is 0 Å². The number of benzene rings is 2. The highest BCUT2D eigenvalue weighted by Crippen LogP contribution is 2.25. The van der Waals surface area contributed by atoms with Crippen LogP contribution in [0.2, 0.25) is 0 Å². The number of aryl methyl sites for hydroxylation is 1. The summed E-state index contributed by atoms with van der Waals surface area (Å²) < 4.78 is 0. The summed E-state index contributed by atoms with van der Waals surface area (Å²) in [6, 6.07) is 18.7. The average molecular weight is 302 g/mol. The fourth-order valence-corrected chi connectivity index (χ4v) is 2.77. The molecule has 0 saturated carbocycles. The second kappa shape index (κ2) is 6.66. The zero-order chi connectivity index (χ0) is 16.2. The third-order valence-corrected chi connectivity index (χ3v) is 4.20. The molecule has 0 radical (unpaired) electrons. The van der Waals surface area contributed by atoms with Crippen molar-refractivity contribution in [1.29, 1.82) is 0 Å². The maximum atomic E-state index is 6.20. The number of nitrogens with zero attached hydrogens (tertiary/aromatic N) is 1. The maximum Gasteiger partial charge on any atom is 0.0709 e. The number of aromatic nitrogens is 1. The molecule has 0 unspecified atom stereocenters. The number of nitrogens with two attached hydrogens (primary N) is 1. The molecule has 0 fully saturated rings. The molecule has 3 aromatic rings. The van der Waals surface area contributed by atoms with Crippen LogP contribution in [-0.4, -0.2) is 4.98 Å². The lowest BCUT2D eigenvalue weighted by molar-refractivity contribution is 1.14. The first kappa shape index (κ1) is 15.3. The van der Waals surface area contributed by atoms with E-state index in [-0.39, 0.29) is 0 Å². The first-order valence-electron chi connectivity index (χ1n) is 8.16. The lowest BCUT2D eigenvalue weighted by Crippen LogP contribution is -1.94. The second-order valence-corrected chi connectivity index (χ2v) is 5.73. The van der Waals surface area contributed by atoms with Gasteiger partial charge < -0.3 is 5.73 Å². The minimum Gasteiger partial charge on any atom is -0.398 e. The van der Waals surface area contributed by atoms with Gasteiger partial charge in [-0.1, -0.05) is 50.2 Å². The molecule has 2 heteroatoms. The Morgan fingerprint density at radius 1 is 1.04 bits per heavy atom. The Kier molecular flexibility index (Phi) is 4.42. The number of rotatable bonds is 4. The Labute approximate surface area is 137 Å². The van der Waals surface area contributed by atoms with Gasteiger partial charge in [-0.05, 0) is 53.8 Å². The van der Waals surface area contributed by atoms with Gasteiger partial charge in [-0.15, -0.1) is 0 Å². The molecule has 1 aromatic heterocycles.